The van der Waals surface area contributed by atoms with Crippen LogP contribution >= 0.6 is 11.8 Å². The van der Waals surface area contributed by atoms with E-state index in [1.807, 2.05) is 0 Å². The normalized spacial score (nSPS) is 10.3. The summed E-state index contributed by atoms with van der Waals surface area (Å²) >= 11 is 1.20. The number of benzene rings is 1. The third-order valence-corrected chi connectivity index (χ3v) is 3.11. The number of Topliss-reactive ketones (excluding diaryl/α,β-unsaturated/α-hetero) is 1. The van der Waals surface area contributed by atoms with Crippen LogP contribution in [0.1, 0.15) is 10.4 Å². The summed E-state index contributed by atoms with van der Waals surface area (Å²) in [6, 6.07) is 4.96. The Morgan fingerprint density at radius 2 is 2.22 bits per heavy atom. The standard InChI is InChI=1S/C12H9FN2O2S/c13-8-1-2-10(16)9(5-8)11(17)6-18-12-3-4-14-7-15-12/h1-5,7,16H,6H2. The number of phenols is 1. The van der Waals surface area contributed by atoms with Gasteiger partial charge in [0.15, 0.2) is 5.78 Å². The van der Waals surface area contributed by atoms with Gasteiger partial charge in [0, 0.05) is 6.20 Å². The molecular formula is C12H9FN2O2S. The van der Waals surface area contributed by atoms with Crippen LogP contribution in [0.15, 0.2) is 41.8 Å². The molecule has 2 aromatic rings. The number of ketones is 1. The highest BCUT2D eigenvalue weighted by atomic mass is 32.2. The summed E-state index contributed by atoms with van der Waals surface area (Å²) in [5, 5.41) is 10.1. The maximum atomic E-state index is 13.0. The number of thioether (sulfide) groups is 1. The summed E-state index contributed by atoms with van der Waals surface area (Å²) in [6.07, 6.45) is 2.95. The minimum atomic E-state index is -0.553. The van der Waals surface area contributed by atoms with E-state index in [4.69, 9.17) is 0 Å². The van der Waals surface area contributed by atoms with E-state index in [1.54, 1.807) is 12.3 Å². The number of halogens is 1. The number of carbonyl (C=O) groups excluding carboxylic acids is 1. The Morgan fingerprint density at radius 3 is 2.94 bits per heavy atom. The number of hydrogen-bond acceptors (Lipinski definition) is 5. The van der Waals surface area contributed by atoms with Gasteiger partial charge in [0.2, 0.25) is 0 Å². The van der Waals surface area contributed by atoms with E-state index in [-0.39, 0.29) is 22.8 Å². The fraction of sp³-hybridized carbons (Fsp3) is 0.0833. The predicted octanol–water partition coefficient (Wildman–Crippen LogP) is 2.30. The molecule has 0 unspecified atom stereocenters. The Bertz CT molecular complexity index is 563. The highest BCUT2D eigenvalue weighted by Crippen LogP contribution is 2.22. The first-order valence-corrected chi connectivity index (χ1v) is 6.06. The van der Waals surface area contributed by atoms with Gasteiger partial charge in [-0.2, -0.15) is 0 Å². The molecule has 92 valence electrons. The number of hydrogen-bond donors (Lipinski definition) is 1. The van der Waals surface area contributed by atoms with Crippen molar-refractivity contribution in [3.05, 3.63) is 48.2 Å². The minimum absolute atomic E-state index is 0.0171. The summed E-state index contributed by atoms with van der Waals surface area (Å²) in [4.78, 5) is 19.5. The van der Waals surface area contributed by atoms with Gasteiger partial charge in [0.25, 0.3) is 0 Å². The lowest BCUT2D eigenvalue weighted by Crippen LogP contribution is -2.03. The SMILES string of the molecule is O=C(CSc1ccncn1)c1cc(F)ccc1O. The maximum absolute atomic E-state index is 13.0. The van der Waals surface area contributed by atoms with Gasteiger partial charge in [0.1, 0.15) is 17.9 Å². The molecule has 6 heteroatoms. The highest BCUT2D eigenvalue weighted by molar-refractivity contribution is 7.99. The topological polar surface area (TPSA) is 63.1 Å². The van der Waals surface area contributed by atoms with Gasteiger partial charge in [-0.05, 0) is 24.3 Å². The van der Waals surface area contributed by atoms with Gasteiger partial charge in [-0.25, -0.2) is 14.4 Å². The number of carbonyl (C=O) groups is 1. The smallest absolute Gasteiger partial charge is 0.176 e. The lowest BCUT2D eigenvalue weighted by atomic mass is 10.1. The Balaban J connectivity index is 2.06. The molecule has 0 aliphatic carbocycles. The summed E-state index contributed by atoms with van der Waals surface area (Å²) < 4.78 is 13.0. The van der Waals surface area contributed by atoms with Gasteiger partial charge < -0.3 is 5.11 Å². The zero-order valence-corrected chi connectivity index (χ0v) is 10.0. The lowest BCUT2D eigenvalue weighted by Gasteiger charge is -2.03. The summed E-state index contributed by atoms with van der Waals surface area (Å²) in [5.74, 6) is -1.04. The molecule has 1 aromatic heterocycles. The van der Waals surface area contributed by atoms with Crippen LogP contribution in [-0.2, 0) is 0 Å². The van der Waals surface area contributed by atoms with Crippen molar-refractivity contribution in [1.29, 1.82) is 0 Å². The fourth-order valence-electron chi connectivity index (χ4n) is 1.31. The second-order valence-corrected chi connectivity index (χ2v) is 4.42. The molecule has 0 aliphatic heterocycles. The number of aromatic nitrogens is 2. The van der Waals surface area contributed by atoms with Gasteiger partial charge in [-0.15, -0.1) is 0 Å². The molecule has 18 heavy (non-hydrogen) atoms. The van der Waals surface area contributed by atoms with Gasteiger partial charge in [-0.3, -0.25) is 4.79 Å². The van der Waals surface area contributed by atoms with E-state index in [1.165, 1.54) is 18.1 Å². The fourth-order valence-corrected chi connectivity index (χ4v) is 2.03. The van der Waals surface area contributed by atoms with E-state index in [2.05, 4.69) is 9.97 Å². The van der Waals surface area contributed by atoms with E-state index in [0.29, 0.717) is 5.03 Å². The van der Waals surface area contributed by atoms with Crippen molar-refractivity contribution in [1.82, 2.24) is 9.97 Å². The molecule has 0 radical (unpaired) electrons. The monoisotopic (exact) mass is 264 g/mol. The molecule has 0 bridgehead atoms. The van der Waals surface area contributed by atoms with Crippen molar-refractivity contribution in [3.63, 3.8) is 0 Å². The first-order valence-electron chi connectivity index (χ1n) is 5.07. The summed E-state index contributed by atoms with van der Waals surface area (Å²) in [6.45, 7) is 0. The van der Waals surface area contributed by atoms with Crippen LogP contribution in [0.25, 0.3) is 0 Å². The molecule has 1 heterocycles. The Hall–Kier alpha value is -1.95. The number of phenolic OH excluding ortho intramolecular Hbond substituents is 1. The van der Waals surface area contributed by atoms with Gasteiger partial charge in [0.05, 0.1) is 16.3 Å². The second-order valence-electron chi connectivity index (χ2n) is 3.42. The van der Waals surface area contributed by atoms with Crippen molar-refractivity contribution in [2.75, 3.05) is 5.75 Å². The largest absolute Gasteiger partial charge is 0.507 e. The molecule has 0 aliphatic rings. The average Bonchev–Trinajstić information content (AvgIpc) is 2.40. The van der Waals surface area contributed by atoms with Gasteiger partial charge in [-0.1, -0.05) is 11.8 Å². The van der Waals surface area contributed by atoms with Crippen LogP contribution in [0.2, 0.25) is 0 Å². The van der Waals surface area contributed by atoms with Crippen molar-refractivity contribution >= 4 is 17.5 Å². The van der Waals surface area contributed by atoms with Crippen molar-refractivity contribution < 1.29 is 14.3 Å². The molecule has 0 amide bonds. The minimum Gasteiger partial charge on any atom is -0.507 e. The zero-order valence-electron chi connectivity index (χ0n) is 9.21. The molecule has 0 saturated heterocycles. The molecule has 0 atom stereocenters. The predicted molar refractivity (Wildman–Crippen MR) is 65.2 cm³/mol. The van der Waals surface area contributed by atoms with Crippen molar-refractivity contribution in [2.45, 2.75) is 5.03 Å². The van der Waals surface area contributed by atoms with Crippen LogP contribution in [0.3, 0.4) is 0 Å². The number of aromatic hydroxyl groups is 1. The van der Waals surface area contributed by atoms with Crippen LogP contribution in [0.4, 0.5) is 4.39 Å². The van der Waals surface area contributed by atoms with Crippen LogP contribution < -0.4 is 0 Å². The quantitative estimate of drug-likeness (QED) is 0.521. The number of rotatable bonds is 4. The molecule has 0 spiro atoms. The average molecular weight is 264 g/mol. The third kappa shape index (κ3) is 3.04. The molecule has 1 N–H and O–H groups in total. The third-order valence-electron chi connectivity index (χ3n) is 2.16. The van der Waals surface area contributed by atoms with E-state index >= 15 is 0 Å². The van der Waals surface area contributed by atoms with Crippen LogP contribution in [-0.4, -0.2) is 26.6 Å². The first-order chi connectivity index (χ1) is 8.66. The molecular weight excluding hydrogens is 255 g/mol. The number of nitrogens with zero attached hydrogens (tertiary/aromatic N) is 2. The van der Waals surface area contributed by atoms with E-state index in [9.17, 15) is 14.3 Å². The molecule has 4 nitrogen and oxygen atoms in total. The first kappa shape index (κ1) is 12.5. The maximum Gasteiger partial charge on any atom is 0.176 e. The van der Waals surface area contributed by atoms with Crippen molar-refractivity contribution in [2.24, 2.45) is 0 Å². The van der Waals surface area contributed by atoms with Gasteiger partial charge >= 0.3 is 0 Å². The molecule has 0 fully saturated rings. The van der Waals surface area contributed by atoms with Crippen molar-refractivity contribution in [3.8, 4) is 5.75 Å². The van der Waals surface area contributed by atoms with E-state index < -0.39 is 5.82 Å². The van der Waals surface area contributed by atoms with E-state index in [0.717, 1.165) is 18.2 Å². The lowest BCUT2D eigenvalue weighted by molar-refractivity contribution is 0.101. The molecule has 0 saturated carbocycles. The van der Waals surface area contributed by atoms with Crippen LogP contribution in [0.5, 0.6) is 5.75 Å². The molecule has 1 aromatic carbocycles. The van der Waals surface area contributed by atoms with Crippen LogP contribution in [0, 0.1) is 5.82 Å². The Labute approximate surface area is 107 Å². The molecule has 2 rings (SSSR count). The summed E-state index contributed by atoms with van der Waals surface area (Å²) in [7, 11) is 0. The Morgan fingerprint density at radius 1 is 1.39 bits per heavy atom. The zero-order chi connectivity index (χ0) is 13.0. The highest BCUT2D eigenvalue weighted by Gasteiger charge is 2.12. The Kier molecular flexibility index (Phi) is 3.88. The summed E-state index contributed by atoms with van der Waals surface area (Å²) in [5.41, 5.74) is -0.0171. The second kappa shape index (κ2) is 5.59.